The number of carbonyl (C=O) groups excluding carboxylic acids is 3. The van der Waals surface area contributed by atoms with E-state index in [2.05, 4.69) is 5.32 Å². The Morgan fingerprint density at radius 1 is 1.00 bits per heavy atom. The summed E-state index contributed by atoms with van der Waals surface area (Å²) in [5, 5.41) is 3.32. The Kier molecular flexibility index (Phi) is 8.52. The van der Waals surface area contributed by atoms with Crippen LogP contribution in [0.1, 0.15) is 44.3 Å². The molecule has 2 heterocycles. The van der Waals surface area contributed by atoms with Crippen molar-refractivity contribution in [1.29, 1.82) is 0 Å². The molecule has 0 unspecified atom stereocenters. The number of esters is 2. The van der Waals surface area contributed by atoms with E-state index in [-0.39, 0.29) is 12.5 Å². The van der Waals surface area contributed by atoms with Gasteiger partial charge in [-0.2, -0.15) is 0 Å². The number of hydrogen-bond acceptors (Lipinski definition) is 9. The Morgan fingerprint density at radius 2 is 1.74 bits per heavy atom. The molecule has 43 heavy (non-hydrogen) atoms. The molecular weight excluding hydrogens is 585 g/mol. The zero-order valence-corrected chi connectivity index (χ0v) is 26.4. The first-order valence-corrected chi connectivity index (χ1v) is 15.6. The average molecular weight is 617 g/mol. The number of nitrogens with zero attached hydrogens (tertiary/aromatic N) is 1. The molecule has 1 aliphatic rings. The summed E-state index contributed by atoms with van der Waals surface area (Å²) in [6, 6.07) is 19.8. The Balaban J connectivity index is 1.54. The maximum absolute atomic E-state index is 13.3. The first-order valence-electron chi connectivity index (χ1n) is 13.5. The quantitative estimate of drug-likeness (QED) is 0.126. The molecule has 0 radical (unpaired) electrons. The van der Waals surface area contributed by atoms with Gasteiger partial charge in [-0.05, 0) is 75.1 Å². The highest BCUT2D eigenvalue weighted by Gasteiger charge is 2.39. The number of benzene rings is 3. The molecule has 1 N–H and O–H groups in total. The van der Waals surface area contributed by atoms with E-state index in [0.29, 0.717) is 44.3 Å². The molecule has 10 heteroatoms. The Labute approximate surface area is 259 Å². The van der Waals surface area contributed by atoms with Crippen LogP contribution in [-0.4, -0.2) is 43.8 Å². The van der Waals surface area contributed by atoms with Crippen molar-refractivity contribution < 1.29 is 28.6 Å². The van der Waals surface area contributed by atoms with Crippen LogP contribution in [0.15, 0.2) is 71.6 Å². The van der Waals surface area contributed by atoms with Gasteiger partial charge in [0.2, 0.25) is 0 Å². The lowest BCUT2D eigenvalue weighted by Gasteiger charge is -2.39. The minimum Gasteiger partial charge on any atom is -0.496 e. The molecule has 0 saturated carbocycles. The molecule has 0 spiro atoms. The molecule has 8 nitrogen and oxygen atoms in total. The van der Waals surface area contributed by atoms with Crippen LogP contribution in [0.5, 0.6) is 11.5 Å². The van der Waals surface area contributed by atoms with Crippen LogP contribution >= 0.6 is 23.1 Å². The number of thioether (sulfide) groups is 1. The van der Waals surface area contributed by atoms with Crippen LogP contribution in [0.3, 0.4) is 0 Å². The summed E-state index contributed by atoms with van der Waals surface area (Å²) >= 11 is 2.83. The Morgan fingerprint density at radius 3 is 2.44 bits per heavy atom. The first-order chi connectivity index (χ1) is 20.5. The minimum absolute atomic E-state index is 0.0840. The average Bonchev–Trinajstić information content (AvgIpc) is 3.44. The molecule has 1 amide bonds. The smallest absolute Gasteiger partial charge is 0.348 e. The second-order valence-electron chi connectivity index (χ2n) is 10.5. The van der Waals surface area contributed by atoms with E-state index in [1.165, 1.54) is 30.2 Å². The third kappa shape index (κ3) is 5.98. The number of carbonyl (C=O) groups is 3. The van der Waals surface area contributed by atoms with E-state index >= 15 is 0 Å². The summed E-state index contributed by atoms with van der Waals surface area (Å²) in [7, 11) is 3.25. The number of fused-ring (bicyclic) bond motifs is 1. The molecule has 222 valence electrons. The third-order valence-electron chi connectivity index (χ3n) is 7.19. The van der Waals surface area contributed by atoms with Gasteiger partial charge in [-0.25, -0.2) is 9.59 Å². The maximum Gasteiger partial charge on any atom is 0.348 e. The SMILES string of the molecule is COc1cc(OC(=O)c2ccccc2SC)ccc1-c1ccc2c(c1COC(=O)c1ccc(C)s1)N(C)C(=O)C(C)(C)N2. The third-order valence-corrected chi connectivity index (χ3v) is 8.97. The van der Waals surface area contributed by atoms with Crippen LogP contribution in [0.4, 0.5) is 11.4 Å². The van der Waals surface area contributed by atoms with Crippen LogP contribution in [0, 0.1) is 6.92 Å². The lowest BCUT2D eigenvalue weighted by molar-refractivity contribution is -0.121. The van der Waals surface area contributed by atoms with E-state index in [9.17, 15) is 14.4 Å². The normalized spacial score (nSPS) is 13.6. The fourth-order valence-corrected chi connectivity index (χ4v) is 6.46. The predicted octanol–water partition coefficient (Wildman–Crippen LogP) is 7.20. The number of likely N-dealkylation sites (N-methyl/N-ethyl adjacent to an activating group) is 1. The standard InChI is InChI=1S/C33H32N2O6S2/c1-19-11-16-28(43-19)31(37)40-18-24-21(14-15-25-29(24)35(4)32(38)33(2,3)34-25)22-13-12-20(17-26(22)39-5)41-30(36)23-9-7-8-10-27(23)42-6/h7-17,34H,18H2,1-6H3. The number of methoxy groups -OCH3 is 1. The van der Waals surface area contributed by atoms with Crippen molar-refractivity contribution in [2.75, 3.05) is 30.6 Å². The number of aryl methyl sites for hydroxylation is 1. The molecule has 5 rings (SSSR count). The first kappa shape index (κ1) is 30.2. The van der Waals surface area contributed by atoms with Crippen LogP contribution in [-0.2, 0) is 16.1 Å². The molecule has 4 aromatic rings. The number of nitrogens with one attached hydrogen (secondary N) is 1. The van der Waals surface area contributed by atoms with Gasteiger partial charge in [0, 0.05) is 34.0 Å². The van der Waals surface area contributed by atoms with Gasteiger partial charge >= 0.3 is 11.9 Å². The van der Waals surface area contributed by atoms with Gasteiger partial charge in [0.25, 0.3) is 5.91 Å². The molecule has 0 atom stereocenters. The van der Waals surface area contributed by atoms with Gasteiger partial charge in [-0.15, -0.1) is 23.1 Å². The fraction of sp³-hybridized carbons (Fsp3) is 0.242. The van der Waals surface area contributed by atoms with Crippen molar-refractivity contribution in [2.45, 2.75) is 37.8 Å². The second-order valence-corrected chi connectivity index (χ2v) is 12.7. The molecule has 0 aliphatic carbocycles. The highest BCUT2D eigenvalue weighted by Crippen LogP contribution is 2.45. The van der Waals surface area contributed by atoms with Gasteiger partial charge in [0.05, 0.1) is 24.0 Å². The summed E-state index contributed by atoms with van der Waals surface area (Å²) < 4.78 is 17.3. The number of thiophene rings is 1. The molecule has 1 aromatic heterocycles. The molecule has 0 saturated heterocycles. The van der Waals surface area contributed by atoms with Gasteiger partial charge in [-0.3, -0.25) is 4.79 Å². The monoisotopic (exact) mass is 616 g/mol. The largest absolute Gasteiger partial charge is 0.496 e. The van der Waals surface area contributed by atoms with Crippen molar-refractivity contribution in [3.05, 3.63) is 87.6 Å². The Hall–Kier alpha value is -4.28. The van der Waals surface area contributed by atoms with Crippen molar-refractivity contribution >= 4 is 52.3 Å². The summed E-state index contributed by atoms with van der Waals surface area (Å²) in [4.78, 5) is 43.1. The van der Waals surface area contributed by atoms with E-state index in [4.69, 9.17) is 14.2 Å². The molecule has 1 aliphatic heterocycles. The van der Waals surface area contributed by atoms with E-state index in [1.807, 2.05) is 57.4 Å². The lowest BCUT2D eigenvalue weighted by Crippen LogP contribution is -2.52. The van der Waals surface area contributed by atoms with E-state index in [0.717, 1.165) is 15.5 Å². The summed E-state index contributed by atoms with van der Waals surface area (Å²) in [5.74, 6) is -0.282. The summed E-state index contributed by atoms with van der Waals surface area (Å²) in [6.07, 6.45) is 1.90. The molecule has 0 bridgehead atoms. The topological polar surface area (TPSA) is 94.2 Å². The van der Waals surface area contributed by atoms with Crippen LogP contribution in [0.25, 0.3) is 11.1 Å². The van der Waals surface area contributed by atoms with Gasteiger partial charge in [-0.1, -0.05) is 18.2 Å². The number of amides is 1. The number of ether oxygens (including phenoxy) is 3. The number of rotatable bonds is 8. The zero-order chi connectivity index (χ0) is 30.9. The van der Waals surface area contributed by atoms with Crippen molar-refractivity contribution in [2.24, 2.45) is 0 Å². The van der Waals surface area contributed by atoms with Crippen LogP contribution < -0.4 is 19.7 Å². The van der Waals surface area contributed by atoms with Gasteiger partial charge < -0.3 is 24.4 Å². The van der Waals surface area contributed by atoms with Crippen LogP contribution in [0.2, 0.25) is 0 Å². The number of hydrogen-bond donors (Lipinski definition) is 1. The summed E-state index contributed by atoms with van der Waals surface area (Å²) in [5.41, 5.74) is 3.03. The highest BCUT2D eigenvalue weighted by atomic mass is 32.2. The number of anilines is 2. The van der Waals surface area contributed by atoms with Gasteiger partial charge in [0.1, 0.15) is 28.5 Å². The second kappa shape index (κ2) is 12.1. The molecule has 0 fully saturated rings. The van der Waals surface area contributed by atoms with Crippen molar-refractivity contribution in [3.63, 3.8) is 0 Å². The van der Waals surface area contributed by atoms with E-state index < -0.39 is 17.5 Å². The fourth-order valence-electron chi connectivity index (χ4n) is 5.12. The zero-order valence-electron chi connectivity index (χ0n) is 24.8. The summed E-state index contributed by atoms with van der Waals surface area (Å²) in [6.45, 7) is 5.49. The minimum atomic E-state index is -0.816. The lowest BCUT2D eigenvalue weighted by atomic mass is 9.91. The highest BCUT2D eigenvalue weighted by molar-refractivity contribution is 7.98. The molecular formula is C33H32N2O6S2. The van der Waals surface area contributed by atoms with Crippen molar-refractivity contribution in [3.8, 4) is 22.6 Å². The maximum atomic E-state index is 13.3. The molecule has 3 aromatic carbocycles. The Bertz CT molecular complexity index is 1730. The van der Waals surface area contributed by atoms with E-state index in [1.54, 1.807) is 48.3 Å². The predicted molar refractivity (Wildman–Crippen MR) is 171 cm³/mol. The van der Waals surface area contributed by atoms with Gasteiger partial charge in [0.15, 0.2) is 0 Å². The van der Waals surface area contributed by atoms with Crippen molar-refractivity contribution in [1.82, 2.24) is 0 Å².